The number of anilines is 1. The third kappa shape index (κ3) is 2.75. The minimum atomic E-state index is -1.06. The number of hydrogen-bond donors (Lipinski definition) is 1. The van der Waals surface area contributed by atoms with Gasteiger partial charge in [0.2, 0.25) is 5.91 Å². The first-order valence-electron chi connectivity index (χ1n) is 5.14. The van der Waals surface area contributed by atoms with Crippen molar-refractivity contribution in [1.29, 1.82) is 0 Å². The summed E-state index contributed by atoms with van der Waals surface area (Å²) in [5.41, 5.74) is 0.456. The second kappa shape index (κ2) is 5.34. The zero-order valence-corrected chi connectivity index (χ0v) is 10.0. The molecule has 0 radical (unpaired) electrons. The molecule has 0 saturated carbocycles. The highest BCUT2D eigenvalue weighted by Crippen LogP contribution is 2.29. The molecule has 1 aromatic rings. The van der Waals surface area contributed by atoms with Crippen LogP contribution < -0.4 is 9.64 Å². The number of amides is 1. The Kier molecular flexibility index (Phi) is 4.09. The Balaban J connectivity index is 3.23. The lowest BCUT2D eigenvalue weighted by Crippen LogP contribution is -2.42. The number of para-hydroxylation sites is 2. The molecule has 1 rings (SSSR count). The molecular weight excluding hydrogens is 222 g/mol. The van der Waals surface area contributed by atoms with Crippen molar-refractivity contribution in [2.45, 2.75) is 19.9 Å². The second-order valence-corrected chi connectivity index (χ2v) is 3.58. The molecule has 17 heavy (non-hydrogen) atoms. The van der Waals surface area contributed by atoms with Gasteiger partial charge < -0.3 is 9.84 Å². The predicted molar refractivity (Wildman–Crippen MR) is 63.3 cm³/mol. The molecule has 1 atom stereocenters. The third-order valence-corrected chi connectivity index (χ3v) is 2.43. The van der Waals surface area contributed by atoms with Crippen molar-refractivity contribution in [3.05, 3.63) is 24.3 Å². The van der Waals surface area contributed by atoms with Crippen molar-refractivity contribution in [2.24, 2.45) is 0 Å². The van der Waals surface area contributed by atoms with Gasteiger partial charge in [-0.2, -0.15) is 0 Å². The number of nitrogens with zero attached hydrogens (tertiary/aromatic N) is 1. The van der Waals surface area contributed by atoms with Crippen LogP contribution in [0.15, 0.2) is 24.3 Å². The van der Waals surface area contributed by atoms with E-state index in [1.807, 2.05) is 0 Å². The van der Waals surface area contributed by atoms with E-state index in [-0.39, 0.29) is 5.91 Å². The van der Waals surface area contributed by atoms with E-state index >= 15 is 0 Å². The first-order valence-corrected chi connectivity index (χ1v) is 5.14. The van der Waals surface area contributed by atoms with Crippen LogP contribution in [0, 0.1) is 0 Å². The number of methoxy groups -OCH3 is 1. The molecule has 0 aliphatic carbocycles. The van der Waals surface area contributed by atoms with Gasteiger partial charge in [-0.25, -0.2) is 4.79 Å². The number of aliphatic carboxylic acids is 1. The molecule has 1 aromatic carbocycles. The van der Waals surface area contributed by atoms with Gasteiger partial charge >= 0.3 is 5.97 Å². The van der Waals surface area contributed by atoms with Crippen LogP contribution in [0.5, 0.6) is 5.75 Å². The maximum Gasteiger partial charge on any atom is 0.326 e. The van der Waals surface area contributed by atoms with Gasteiger partial charge in [0.1, 0.15) is 11.8 Å². The fourth-order valence-electron chi connectivity index (χ4n) is 1.59. The lowest BCUT2D eigenvalue weighted by molar-refractivity contribution is -0.139. The van der Waals surface area contributed by atoms with Crippen LogP contribution >= 0.6 is 0 Å². The molecule has 0 aliphatic rings. The van der Waals surface area contributed by atoms with Crippen LogP contribution in [-0.4, -0.2) is 30.1 Å². The Morgan fingerprint density at radius 2 is 1.94 bits per heavy atom. The molecule has 0 saturated heterocycles. The number of carboxylic acid groups (broad SMARTS) is 1. The molecule has 0 fully saturated rings. The van der Waals surface area contributed by atoms with Gasteiger partial charge in [0.15, 0.2) is 0 Å². The minimum absolute atomic E-state index is 0.343. The second-order valence-electron chi connectivity index (χ2n) is 3.58. The Morgan fingerprint density at radius 1 is 1.35 bits per heavy atom. The Hall–Kier alpha value is -2.04. The Bertz CT molecular complexity index is 430. The molecule has 1 amide bonds. The molecule has 5 nitrogen and oxygen atoms in total. The summed E-state index contributed by atoms with van der Waals surface area (Å²) in [6.07, 6.45) is 0. The molecule has 0 bridgehead atoms. The molecule has 1 N–H and O–H groups in total. The zero-order chi connectivity index (χ0) is 13.0. The molecule has 92 valence electrons. The van der Waals surface area contributed by atoms with Crippen LogP contribution in [0.2, 0.25) is 0 Å². The summed E-state index contributed by atoms with van der Waals surface area (Å²) >= 11 is 0. The predicted octanol–water partition coefficient (Wildman–Crippen LogP) is 1.52. The summed E-state index contributed by atoms with van der Waals surface area (Å²) in [6.45, 7) is 2.78. The summed E-state index contributed by atoms with van der Waals surface area (Å²) in [6, 6.07) is 5.87. The van der Waals surface area contributed by atoms with Crippen molar-refractivity contribution in [3.63, 3.8) is 0 Å². The first kappa shape index (κ1) is 13.0. The quantitative estimate of drug-likeness (QED) is 0.862. The minimum Gasteiger partial charge on any atom is -0.495 e. The van der Waals surface area contributed by atoms with E-state index in [1.54, 1.807) is 24.3 Å². The van der Waals surface area contributed by atoms with Crippen LogP contribution in [-0.2, 0) is 9.59 Å². The van der Waals surface area contributed by atoms with E-state index < -0.39 is 12.0 Å². The highest BCUT2D eigenvalue weighted by molar-refractivity contribution is 5.98. The van der Waals surface area contributed by atoms with Crippen molar-refractivity contribution >= 4 is 17.6 Å². The number of carboxylic acids is 1. The Labute approximate surface area is 99.6 Å². The smallest absolute Gasteiger partial charge is 0.326 e. The number of rotatable bonds is 4. The van der Waals surface area contributed by atoms with Gasteiger partial charge in [-0.3, -0.25) is 9.69 Å². The van der Waals surface area contributed by atoms with Crippen LogP contribution in [0.4, 0.5) is 5.69 Å². The largest absolute Gasteiger partial charge is 0.495 e. The van der Waals surface area contributed by atoms with Crippen molar-refractivity contribution < 1.29 is 19.4 Å². The number of benzene rings is 1. The van der Waals surface area contributed by atoms with E-state index in [1.165, 1.54) is 25.9 Å². The molecular formula is C12H15NO4. The van der Waals surface area contributed by atoms with Crippen molar-refractivity contribution in [3.8, 4) is 5.75 Å². The lowest BCUT2D eigenvalue weighted by Gasteiger charge is -2.26. The summed E-state index contributed by atoms with van der Waals surface area (Å²) in [5, 5.41) is 8.99. The van der Waals surface area contributed by atoms with Gasteiger partial charge in [-0.05, 0) is 19.1 Å². The maximum absolute atomic E-state index is 11.6. The van der Waals surface area contributed by atoms with E-state index in [2.05, 4.69) is 0 Å². The van der Waals surface area contributed by atoms with Gasteiger partial charge in [-0.15, -0.1) is 0 Å². The zero-order valence-electron chi connectivity index (χ0n) is 10.0. The van der Waals surface area contributed by atoms with Crippen LogP contribution in [0.3, 0.4) is 0 Å². The maximum atomic E-state index is 11.6. The van der Waals surface area contributed by atoms with Crippen LogP contribution in [0.25, 0.3) is 0 Å². The van der Waals surface area contributed by atoms with E-state index in [9.17, 15) is 9.59 Å². The first-order chi connectivity index (χ1) is 7.99. The summed E-state index contributed by atoms with van der Waals surface area (Å²) < 4.78 is 5.12. The highest BCUT2D eigenvalue weighted by Gasteiger charge is 2.26. The van der Waals surface area contributed by atoms with Crippen LogP contribution in [0.1, 0.15) is 13.8 Å². The Morgan fingerprint density at radius 3 is 2.41 bits per heavy atom. The topological polar surface area (TPSA) is 66.8 Å². The normalized spacial score (nSPS) is 11.7. The van der Waals surface area contributed by atoms with E-state index in [0.717, 1.165) is 0 Å². The van der Waals surface area contributed by atoms with Gasteiger partial charge in [0.05, 0.1) is 12.8 Å². The average molecular weight is 237 g/mol. The number of hydrogen-bond acceptors (Lipinski definition) is 3. The van der Waals surface area contributed by atoms with Crippen molar-refractivity contribution in [2.75, 3.05) is 12.0 Å². The fourth-order valence-corrected chi connectivity index (χ4v) is 1.59. The van der Waals surface area contributed by atoms with Gasteiger partial charge in [-0.1, -0.05) is 12.1 Å². The molecule has 0 aliphatic heterocycles. The van der Waals surface area contributed by atoms with E-state index in [4.69, 9.17) is 9.84 Å². The van der Waals surface area contributed by atoms with Crippen molar-refractivity contribution in [1.82, 2.24) is 0 Å². The number of carbonyl (C=O) groups is 2. The molecule has 0 heterocycles. The highest BCUT2D eigenvalue weighted by atomic mass is 16.5. The SMILES string of the molecule is COc1ccccc1N(C(C)=O)C(C)C(=O)O. The summed E-state index contributed by atoms with van der Waals surface area (Å²) in [5.74, 6) is -0.939. The lowest BCUT2D eigenvalue weighted by atomic mass is 10.2. The van der Waals surface area contributed by atoms with E-state index in [0.29, 0.717) is 11.4 Å². The van der Waals surface area contributed by atoms with Gasteiger partial charge in [0, 0.05) is 6.92 Å². The standard InChI is InChI=1S/C12H15NO4/c1-8(12(15)16)13(9(2)14)10-6-4-5-7-11(10)17-3/h4-8H,1-3H3,(H,15,16). The monoisotopic (exact) mass is 237 g/mol. The summed E-state index contributed by atoms with van der Waals surface area (Å²) in [7, 11) is 1.47. The summed E-state index contributed by atoms with van der Waals surface area (Å²) in [4.78, 5) is 23.7. The fraction of sp³-hybridized carbons (Fsp3) is 0.333. The average Bonchev–Trinajstić information content (AvgIpc) is 2.29. The number of ether oxygens (including phenoxy) is 1. The van der Waals surface area contributed by atoms with Gasteiger partial charge in [0.25, 0.3) is 0 Å². The molecule has 5 heteroatoms. The molecule has 0 aromatic heterocycles. The third-order valence-electron chi connectivity index (χ3n) is 2.43. The molecule has 0 spiro atoms. The molecule has 1 unspecified atom stereocenters. The number of carbonyl (C=O) groups excluding carboxylic acids is 1.